The van der Waals surface area contributed by atoms with E-state index in [9.17, 15) is 9.18 Å². The Morgan fingerprint density at radius 1 is 1.53 bits per heavy atom. The van der Waals surface area contributed by atoms with E-state index in [1.807, 2.05) is 13.8 Å². The Labute approximate surface area is 88.5 Å². The van der Waals surface area contributed by atoms with Gasteiger partial charge in [0.15, 0.2) is 11.6 Å². The highest BCUT2D eigenvalue weighted by Crippen LogP contribution is 2.19. The van der Waals surface area contributed by atoms with Crippen LogP contribution < -0.4 is 5.73 Å². The summed E-state index contributed by atoms with van der Waals surface area (Å²) in [6, 6.07) is 1.37. The molecule has 15 heavy (non-hydrogen) atoms. The van der Waals surface area contributed by atoms with Gasteiger partial charge in [0.2, 0.25) is 0 Å². The first-order valence-electron chi connectivity index (χ1n) is 4.98. The molecule has 0 aliphatic heterocycles. The van der Waals surface area contributed by atoms with Crippen molar-refractivity contribution in [2.75, 3.05) is 0 Å². The zero-order chi connectivity index (χ0) is 11.5. The molecule has 0 atom stereocenters. The lowest BCUT2D eigenvalue weighted by atomic mass is 9.85. The van der Waals surface area contributed by atoms with E-state index < -0.39 is 11.4 Å². The van der Waals surface area contributed by atoms with Crippen LogP contribution in [0.1, 0.15) is 37.0 Å². The van der Waals surface area contributed by atoms with E-state index in [0.29, 0.717) is 12.8 Å². The van der Waals surface area contributed by atoms with Crippen molar-refractivity contribution >= 4 is 5.78 Å². The molecule has 0 saturated heterocycles. The fraction of sp³-hybridized carbons (Fsp3) is 0.455. The molecule has 0 amide bonds. The van der Waals surface area contributed by atoms with Gasteiger partial charge in [0.25, 0.3) is 0 Å². The first-order valence-corrected chi connectivity index (χ1v) is 4.98. The van der Waals surface area contributed by atoms with Gasteiger partial charge >= 0.3 is 0 Å². The highest BCUT2D eigenvalue weighted by molar-refractivity contribution is 6.03. The quantitative estimate of drug-likeness (QED) is 0.772. The molecule has 0 unspecified atom stereocenters. The van der Waals surface area contributed by atoms with Crippen LogP contribution in [0.2, 0.25) is 0 Å². The first kappa shape index (κ1) is 11.8. The number of nitrogens with zero attached hydrogens (tertiary/aromatic N) is 1. The van der Waals surface area contributed by atoms with Crippen molar-refractivity contribution in [2.45, 2.75) is 32.2 Å². The van der Waals surface area contributed by atoms with Crippen molar-refractivity contribution in [3.8, 4) is 0 Å². The molecule has 0 aliphatic rings. The minimum atomic E-state index is -0.970. The number of carbonyl (C=O) groups is 1. The van der Waals surface area contributed by atoms with Crippen LogP contribution in [0, 0.1) is 5.82 Å². The van der Waals surface area contributed by atoms with Gasteiger partial charge in [0, 0.05) is 6.20 Å². The molecule has 2 N–H and O–H groups in total. The van der Waals surface area contributed by atoms with Crippen LogP contribution in [0.15, 0.2) is 18.5 Å². The Kier molecular flexibility index (Phi) is 3.52. The molecule has 1 aromatic heterocycles. The summed E-state index contributed by atoms with van der Waals surface area (Å²) in [6.45, 7) is 3.64. The van der Waals surface area contributed by atoms with Crippen molar-refractivity contribution < 1.29 is 9.18 Å². The Morgan fingerprint density at radius 3 is 2.60 bits per heavy atom. The van der Waals surface area contributed by atoms with Gasteiger partial charge in [-0.3, -0.25) is 9.78 Å². The highest BCUT2D eigenvalue weighted by Gasteiger charge is 2.32. The molecule has 82 valence electrons. The van der Waals surface area contributed by atoms with E-state index in [-0.39, 0.29) is 11.3 Å². The highest BCUT2D eigenvalue weighted by atomic mass is 19.1. The number of rotatable bonds is 4. The van der Waals surface area contributed by atoms with Crippen LogP contribution in [0.4, 0.5) is 4.39 Å². The zero-order valence-corrected chi connectivity index (χ0v) is 8.96. The molecule has 0 spiro atoms. The standard InChI is InChI=1S/C11H15FN2O/c1-3-11(13,4-2)10(15)8-5-6-14-7-9(8)12/h5-7H,3-4,13H2,1-2H3. The molecule has 0 aliphatic carbocycles. The number of nitrogens with two attached hydrogens (primary N) is 1. The van der Waals surface area contributed by atoms with E-state index in [4.69, 9.17) is 5.73 Å². The summed E-state index contributed by atoms with van der Waals surface area (Å²) in [5.41, 5.74) is 4.96. The summed E-state index contributed by atoms with van der Waals surface area (Å²) in [6.07, 6.45) is 3.40. The largest absolute Gasteiger partial charge is 0.319 e. The van der Waals surface area contributed by atoms with Crippen LogP contribution in [0.25, 0.3) is 0 Å². The SMILES string of the molecule is CCC(N)(CC)C(=O)c1ccncc1F. The zero-order valence-electron chi connectivity index (χ0n) is 8.96. The summed E-state index contributed by atoms with van der Waals surface area (Å²) in [5.74, 6) is -0.966. The minimum Gasteiger partial charge on any atom is -0.319 e. The van der Waals surface area contributed by atoms with Crippen LogP contribution in [-0.2, 0) is 0 Å². The van der Waals surface area contributed by atoms with E-state index in [0.717, 1.165) is 6.20 Å². The lowest BCUT2D eigenvalue weighted by Crippen LogP contribution is -2.47. The van der Waals surface area contributed by atoms with Crippen LogP contribution in [-0.4, -0.2) is 16.3 Å². The molecule has 1 rings (SSSR count). The number of hydrogen-bond acceptors (Lipinski definition) is 3. The minimum absolute atomic E-state index is 0.0243. The van der Waals surface area contributed by atoms with Gasteiger partial charge in [-0.1, -0.05) is 13.8 Å². The van der Waals surface area contributed by atoms with Crippen molar-refractivity contribution in [3.63, 3.8) is 0 Å². The summed E-state index contributed by atoms with van der Waals surface area (Å²) in [7, 11) is 0. The predicted molar refractivity (Wildman–Crippen MR) is 56.0 cm³/mol. The molecule has 1 aromatic rings. The van der Waals surface area contributed by atoms with Gasteiger partial charge in [0.05, 0.1) is 17.3 Å². The molecule has 0 fully saturated rings. The molecular formula is C11H15FN2O. The van der Waals surface area contributed by atoms with Gasteiger partial charge in [-0.15, -0.1) is 0 Å². The van der Waals surface area contributed by atoms with E-state index in [1.54, 1.807) is 0 Å². The maximum Gasteiger partial charge on any atom is 0.185 e. The van der Waals surface area contributed by atoms with Crippen molar-refractivity contribution in [1.82, 2.24) is 4.98 Å². The molecule has 0 radical (unpaired) electrons. The Bertz CT molecular complexity index is 361. The lowest BCUT2D eigenvalue weighted by Gasteiger charge is -2.24. The maximum atomic E-state index is 13.3. The summed E-state index contributed by atoms with van der Waals surface area (Å²) < 4.78 is 13.3. The number of hydrogen-bond donors (Lipinski definition) is 1. The molecule has 0 saturated carbocycles. The first-order chi connectivity index (χ1) is 7.05. The summed E-state index contributed by atoms with van der Waals surface area (Å²) in [4.78, 5) is 15.5. The fourth-order valence-electron chi connectivity index (χ4n) is 1.40. The molecule has 3 nitrogen and oxygen atoms in total. The second kappa shape index (κ2) is 4.49. The maximum absolute atomic E-state index is 13.3. The van der Waals surface area contributed by atoms with E-state index in [1.165, 1.54) is 12.3 Å². The molecule has 1 heterocycles. The molecule has 4 heteroatoms. The van der Waals surface area contributed by atoms with E-state index in [2.05, 4.69) is 4.98 Å². The van der Waals surface area contributed by atoms with Gasteiger partial charge in [0.1, 0.15) is 0 Å². The second-order valence-electron chi connectivity index (χ2n) is 3.55. The number of aromatic nitrogens is 1. The van der Waals surface area contributed by atoms with Crippen LogP contribution in [0.3, 0.4) is 0 Å². The molecule has 0 bridgehead atoms. The Balaban J connectivity index is 3.09. The molecule has 0 aromatic carbocycles. The smallest absolute Gasteiger partial charge is 0.185 e. The van der Waals surface area contributed by atoms with Gasteiger partial charge < -0.3 is 5.73 Å². The third kappa shape index (κ3) is 2.21. The number of pyridine rings is 1. The van der Waals surface area contributed by atoms with Gasteiger partial charge in [-0.05, 0) is 18.9 Å². The Hall–Kier alpha value is -1.29. The third-order valence-electron chi connectivity index (χ3n) is 2.73. The average molecular weight is 210 g/mol. The normalized spacial score (nSPS) is 11.5. The van der Waals surface area contributed by atoms with Crippen LogP contribution >= 0.6 is 0 Å². The van der Waals surface area contributed by atoms with Crippen molar-refractivity contribution in [2.24, 2.45) is 5.73 Å². The number of ketones is 1. The van der Waals surface area contributed by atoms with Gasteiger partial charge in [-0.2, -0.15) is 0 Å². The third-order valence-corrected chi connectivity index (χ3v) is 2.73. The number of Topliss-reactive ketones (excluding diaryl/α,β-unsaturated/α-hetero) is 1. The predicted octanol–water partition coefficient (Wildman–Crippen LogP) is 1.92. The van der Waals surface area contributed by atoms with Gasteiger partial charge in [-0.25, -0.2) is 4.39 Å². The topological polar surface area (TPSA) is 56.0 Å². The monoisotopic (exact) mass is 210 g/mol. The summed E-state index contributed by atoms with van der Waals surface area (Å²) >= 11 is 0. The Morgan fingerprint density at radius 2 is 2.13 bits per heavy atom. The fourth-order valence-corrected chi connectivity index (χ4v) is 1.40. The van der Waals surface area contributed by atoms with Crippen molar-refractivity contribution in [1.29, 1.82) is 0 Å². The summed E-state index contributed by atoms with van der Waals surface area (Å²) in [5, 5.41) is 0. The number of carbonyl (C=O) groups excluding carboxylic acids is 1. The van der Waals surface area contributed by atoms with Crippen LogP contribution in [0.5, 0.6) is 0 Å². The number of halogens is 1. The van der Waals surface area contributed by atoms with Crippen molar-refractivity contribution in [3.05, 3.63) is 29.8 Å². The van der Waals surface area contributed by atoms with E-state index >= 15 is 0 Å². The molecular weight excluding hydrogens is 195 g/mol. The average Bonchev–Trinajstić information content (AvgIpc) is 2.28. The second-order valence-corrected chi connectivity index (χ2v) is 3.55. The lowest BCUT2D eigenvalue weighted by molar-refractivity contribution is 0.0875.